The van der Waals surface area contributed by atoms with Crippen LogP contribution in [0.25, 0.3) is 0 Å². The number of nitro benzene ring substituents is 1. The van der Waals surface area contributed by atoms with Crippen molar-refractivity contribution in [2.45, 2.75) is 6.92 Å². The summed E-state index contributed by atoms with van der Waals surface area (Å²) in [7, 11) is 0. The van der Waals surface area contributed by atoms with Gasteiger partial charge >= 0.3 is 0 Å². The van der Waals surface area contributed by atoms with Gasteiger partial charge in [-0.1, -0.05) is 18.2 Å². The minimum Gasteiger partial charge on any atom is -0.456 e. The Kier molecular flexibility index (Phi) is 3.05. The van der Waals surface area contributed by atoms with Crippen LogP contribution in [0.4, 0.5) is 5.69 Å². The zero-order chi connectivity index (χ0) is 12.3. The van der Waals surface area contributed by atoms with Crippen molar-refractivity contribution in [2.24, 2.45) is 0 Å². The highest BCUT2D eigenvalue weighted by molar-refractivity contribution is 5.40. The van der Waals surface area contributed by atoms with Gasteiger partial charge in [-0.15, -0.1) is 0 Å². The molecule has 0 amide bonds. The Bertz CT molecular complexity index is 535. The summed E-state index contributed by atoms with van der Waals surface area (Å²) in [5.74, 6) is 1.18. The van der Waals surface area contributed by atoms with Crippen molar-refractivity contribution < 1.29 is 9.66 Å². The van der Waals surface area contributed by atoms with Gasteiger partial charge in [-0.2, -0.15) is 0 Å². The summed E-state index contributed by atoms with van der Waals surface area (Å²) < 4.78 is 5.57. The average Bonchev–Trinajstić information content (AvgIpc) is 2.33. The van der Waals surface area contributed by atoms with E-state index in [0.717, 1.165) is 11.3 Å². The van der Waals surface area contributed by atoms with Crippen molar-refractivity contribution in [3.63, 3.8) is 0 Å². The number of benzene rings is 2. The number of hydrogen-bond donors (Lipinski definition) is 0. The predicted molar refractivity (Wildman–Crippen MR) is 63.2 cm³/mol. The SMILES string of the molecule is Cc1ccccc1Oc1[c]cc([N+](=O)[O-])cc1. The molecule has 0 aliphatic carbocycles. The first-order valence-electron chi connectivity index (χ1n) is 5.06. The van der Waals surface area contributed by atoms with E-state index in [1.807, 2.05) is 31.2 Å². The lowest BCUT2D eigenvalue weighted by atomic mass is 10.2. The maximum Gasteiger partial charge on any atom is 0.270 e. The summed E-state index contributed by atoms with van der Waals surface area (Å²) in [6.07, 6.45) is 0. The number of ether oxygens (including phenoxy) is 1. The smallest absolute Gasteiger partial charge is 0.270 e. The van der Waals surface area contributed by atoms with E-state index in [1.54, 1.807) is 0 Å². The molecule has 4 heteroatoms. The van der Waals surface area contributed by atoms with Crippen LogP contribution in [0.5, 0.6) is 11.5 Å². The molecule has 0 unspecified atom stereocenters. The largest absolute Gasteiger partial charge is 0.456 e. The molecule has 0 saturated carbocycles. The van der Waals surface area contributed by atoms with Crippen LogP contribution in [-0.2, 0) is 0 Å². The monoisotopic (exact) mass is 228 g/mol. The second-order valence-electron chi connectivity index (χ2n) is 3.54. The van der Waals surface area contributed by atoms with E-state index in [-0.39, 0.29) is 5.69 Å². The molecule has 1 radical (unpaired) electrons. The molecule has 0 N–H and O–H groups in total. The van der Waals surface area contributed by atoms with E-state index < -0.39 is 4.92 Å². The van der Waals surface area contributed by atoms with Crippen LogP contribution in [0, 0.1) is 23.1 Å². The van der Waals surface area contributed by atoms with Crippen molar-refractivity contribution in [1.29, 1.82) is 0 Å². The molecule has 0 bridgehead atoms. The molecule has 2 aromatic rings. The summed E-state index contributed by atoms with van der Waals surface area (Å²) in [6, 6.07) is 14.5. The van der Waals surface area contributed by atoms with Crippen molar-refractivity contribution >= 4 is 5.69 Å². The summed E-state index contributed by atoms with van der Waals surface area (Å²) in [5.41, 5.74) is 1.00. The molecule has 2 aromatic carbocycles. The number of aryl methyl sites for hydroxylation is 1. The van der Waals surface area contributed by atoms with Gasteiger partial charge in [-0.25, -0.2) is 0 Å². The molecular weight excluding hydrogens is 218 g/mol. The fraction of sp³-hybridized carbons (Fsp3) is 0.0769. The lowest BCUT2D eigenvalue weighted by molar-refractivity contribution is -0.384. The molecule has 0 fully saturated rings. The molecule has 85 valence electrons. The third kappa shape index (κ3) is 2.60. The maximum absolute atomic E-state index is 10.5. The fourth-order valence-corrected chi connectivity index (χ4v) is 1.37. The van der Waals surface area contributed by atoms with E-state index in [9.17, 15) is 10.1 Å². The molecule has 0 saturated heterocycles. The van der Waals surface area contributed by atoms with Gasteiger partial charge in [0, 0.05) is 18.2 Å². The summed E-state index contributed by atoms with van der Waals surface area (Å²) in [6.45, 7) is 1.93. The van der Waals surface area contributed by atoms with Gasteiger partial charge in [-0.05, 0) is 24.6 Å². The lowest BCUT2D eigenvalue weighted by Crippen LogP contribution is -1.89. The topological polar surface area (TPSA) is 52.4 Å². The second-order valence-corrected chi connectivity index (χ2v) is 3.54. The molecule has 17 heavy (non-hydrogen) atoms. The molecular formula is C13H10NO3. The number of para-hydroxylation sites is 1. The number of nitrogens with zero attached hydrogens (tertiary/aromatic N) is 1. The van der Waals surface area contributed by atoms with Crippen molar-refractivity contribution in [3.8, 4) is 11.5 Å². The molecule has 4 nitrogen and oxygen atoms in total. The van der Waals surface area contributed by atoms with E-state index in [4.69, 9.17) is 4.74 Å². The molecule has 2 rings (SSSR count). The molecule has 0 aliphatic rings. The van der Waals surface area contributed by atoms with Crippen LogP contribution in [0.1, 0.15) is 5.56 Å². The number of hydrogen-bond acceptors (Lipinski definition) is 3. The normalized spacial score (nSPS) is 9.94. The van der Waals surface area contributed by atoms with Crippen molar-refractivity contribution in [1.82, 2.24) is 0 Å². The van der Waals surface area contributed by atoms with Gasteiger partial charge in [0.25, 0.3) is 5.69 Å². The molecule has 0 atom stereocenters. The Morgan fingerprint density at radius 3 is 2.59 bits per heavy atom. The Morgan fingerprint density at radius 1 is 1.24 bits per heavy atom. The third-order valence-corrected chi connectivity index (χ3v) is 2.29. The highest BCUT2D eigenvalue weighted by Crippen LogP contribution is 2.25. The summed E-state index contributed by atoms with van der Waals surface area (Å²) in [4.78, 5) is 10.0. The Balaban J connectivity index is 2.20. The second kappa shape index (κ2) is 4.65. The van der Waals surface area contributed by atoms with Crippen molar-refractivity contribution in [3.05, 3.63) is 64.2 Å². The van der Waals surface area contributed by atoms with Crippen molar-refractivity contribution in [2.75, 3.05) is 0 Å². The van der Waals surface area contributed by atoms with Crippen LogP contribution in [0.3, 0.4) is 0 Å². The van der Waals surface area contributed by atoms with Crippen LogP contribution in [0.15, 0.2) is 42.5 Å². The fourth-order valence-electron chi connectivity index (χ4n) is 1.37. The van der Waals surface area contributed by atoms with Crippen LogP contribution in [0.2, 0.25) is 0 Å². The summed E-state index contributed by atoms with van der Waals surface area (Å²) >= 11 is 0. The quantitative estimate of drug-likeness (QED) is 0.596. The highest BCUT2D eigenvalue weighted by atomic mass is 16.6. The maximum atomic E-state index is 10.5. The first-order chi connectivity index (χ1) is 8.16. The van der Waals surface area contributed by atoms with E-state index in [1.165, 1.54) is 18.2 Å². The van der Waals surface area contributed by atoms with E-state index in [2.05, 4.69) is 6.07 Å². The molecule has 0 aliphatic heterocycles. The zero-order valence-corrected chi connectivity index (χ0v) is 9.21. The minimum atomic E-state index is -0.464. The minimum absolute atomic E-state index is 0.00198. The Hall–Kier alpha value is -2.36. The number of non-ortho nitro benzene ring substituents is 1. The predicted octanol–water partition coefficient (Wildman–Crippen LogP) is 3.50. The number of nitro groups is 1. The molecule has 0 heterocycles. The zero-order valence-electron chi connectivity index (χ0n) is 9.21. The standard InChI is InChI=1S/C13H10NO3/c1-10-4-2-3-5-13(10)17-12-8-6-11(7-9-12)14(15)16/h2-8H,1H3. The van der Waals surface area contributed by atoms with Gasteiger partial charge < -0.3 is 4.74 Å². The highest BCUT2D eigenvalue weighted by Gasteiger charge is 2.06. The van der Waals surface area contributed by atoms with E-state index >= 15 is 0 Å². The van der Waals surface area contributed by atoms with Crippen LogP contribution in [-0.4, -0.2) is 4.92 Å². The van der Waals surface area contributed by atoms with Gasteiger partial charge in [-0.3, -0.25) is 10.1 Å². The van der Waals surface area contributed by atoms with Gasteiger partial charge in [0.2, 0.25) is 0 Å². The van der Waals surface area contributed by atoms with Crippen LogP contribution < -0.4 is 4.74 Å². The van der Waals surface area contributed by atoms with Gasteiger partial charge in [0.05, 0.1) is 4.92 Å². The number of rotatable bonds is 3. The third-order valence-electron chi connectivity index (χ3n) is 2.29. The lowest BCUT2D eigenvalue weighted by Gasteiger charge is -2.07. The van der Waals surface area contributed by atoms with E-state index in [0.29, 0.717) is 5.75 Å². The average molecular weight is 228 g/mol. The molecule has 0 aromatic heterocycles. The Morgan fingerprint density at radius 2 is 2.00 bits per heavy atom. The van der Waals surface area contributed by atoms with Crippen LogP contribution >= 0.6 is 0 Å². The first-order valence-corrected chi connectivity index (χ1v) is 5.06. The first kappa shape index (κ1) is 11.1. The summed E-state index contributed by atoms with van der Waals surface area (Å²) in [5, 5.41) is 10.5. The Labute approximate surface area is 98.6 Å². The molecule has 0 spiro atoms. The van der Waals surface area contributed by atoms with Gasteiger partial charge in [0.15, 0.2) is 0 Å². The van der Waals surface area contributed by atoms with Gasteiger partial charge in [0.1, 0.15) is 11.5 Å².